The SMILES string of the molecule is Cc1ccc(S(=O)(=O)N2CCOCC2)cc1NC(=O)Cn1nnc(-c2ccc(C(C)C)cc2)n1. The molecule has 0 saturated carbocycles. The molecular weight excluding hydrogens is 456 g/mol. The number of hydrogen-bond donors (Lipinski definition) is 1. The maximum absolute atomic E-state index is 12.9. The van der Waals surface area contributed by atoms with Gasteiger partial charge in [-0.2, -0.15) is 9.10 Å². The van der Waals surface area contributed by atoms with Crippen molar-refractivity contribution in [1.29, 1.82) is 0 Å². The summed E-state index contributed by atoms with van der Waals surface area (Å²) >= 11 is 0. The zero-order valence-electron chi connectivity index (χ0n) is 19.4. The summed E-state index contributed by atoms with van der Waals surface area (Å²) < 4.78 is 32.5. The lowest BCUT2D eigenvalue weighted by Crippen LogP contribution is -2.40. The molecule has 0 unspecified atom stereocenters. The van der Waals surface area contributed by atoms with Gasteiger partial charge in [0.05, 0.1) is 18.1 Å². The van der Waals surface area contributed by atoms with Crippen LogP contribution in [0.5, 0.6) is 0 Å². The highest BCUT2D eigenvalue weighted by molar-refractivity contribution is 7.89. The first-order chi connectivity index (χ1) is 16.2. The molecule has 2 aromatic carbocycles. The number of morpholine rings is 1. The second-order valence-corrected chi connectivity index (χ2v) is 10.4. The number of benzene rings is 2. The number of nitrogens with zero attached hydrogens (tertiary/aromatic N) is 5. The third-order valence-electron chi connectivity index (χ3n) is 5.66. The van der Waals surface area contributed by atoms with E-state index in [2.05, 4.69) is 34.6 Å². The molecule has 180 valence electrons. The van der Waals surface area contributed by atoms with Gasteiger partial charge >= 0.3 is 0 Å². The summed E-state index contributed by atoms with van der Waals surface area (Å²) in [5.74, 6) is 0.466. The van der Waals surface area contributed by atoms with Gasteiger partial charge < -0.3 is 10.1 Å². The van der Waals surface area contributed by atoms with Gasteiger partial charge in [0.15, 0.2) is 0 Å². The van der Waals surface area contributed by atoms with Crippen molar-refractivity contribution in [2.75, 3.05) is 31.6 Å². The molecule has 3 aromatic rings. The molecule has 0 aliphatic carbocycles. The van der Waals surface area contributed by atoms with Gasteiger partial charge in [0.1, 0.15) is 6.54 Å². The Bertz CT molecular complexity index is 1260. The Morgan fingerprint density at radius 2 is 1.82 bits per heavy atom. The van der Waals surface area contributed by atoms with E-state index in [9.17, 15) is 13.2 Å². The van der Waals surface area contributed by atoms with Crippen molar-refractivity contribution in [3.8, 4) is 11.4 Å². The van der Waals surface area contributed by atoms with Crippen molar-refractivity contribution in [3.63, 3.8) is 0 Å². The van der Waals surface area contributed by atoms with E-state index >= 15 is 0 Å². The molecule has 4 rings (SSSR count). The molecule has 1 amide bonds. The summed E-state index contributed by atoms with van der Waals surface area (Å²) in [6.45, 7) is 7.23. The average Bonchev–Trinajstić information content (AvgIpc) is 3.29. The molecule has 0 bridgehead atoms. The van der Waals surface area contributed by atoms with Gasteiger partial charge in [-0.1, -0.05) is 44.2 Å². The smallest absolute Gasteiger partial charge is 0.248 e. The van der Waals surface area contributed by atoms with Crippen LogP contribution in [0.15, 0.2) is 47.4 Å². The highest BCUT2D eigenvalue weighted by atomic mass is 32.2. The maximum Gasteiger partial charge on any atom is 0.248 e. The van der Waals surface area contributed by atoms with E-state index in [1.165, 1.54) is 20.7 Å². The van der Waals surface area contributed by atoms with Crippen molar-refractivity contribution in [1.82, 2.24) is 24.5 Å². The largest absolute Gasteiger partial charge is 0.379 e. The molecule has 1 saturated heterocycles. The van der Waals surface area contributed by atoms with Crippen LogP contribution in [-0.4, -0.2) is 65.1 Å². The number of carbonyl (C=O) groups is 1. The van der Waals surface area contributed by atoms with E-state index in [0.29, 0.717) is 43.7 Å². The molecule has 1 aromatic heterocycles. The molecule has 2 heterocycles. The molecule has 1 N–H and O–H groups in total. The molecule has 0 spiro atoms. The van der Waals surface area contributed by atoms with E-state index in [4.69, 9.17) is 4.74 Å². The van der Waals surface area contributed by atoms with Crippen LogP contribution in [-0.2, 0) is 26.1 Å². The minimum Gasteiger partial charge on any atom is -0.379 e. The van der Waals surface area contributed by atoms with Crippen LogP contribution >= 0.6 is 0 Å². The number of amides is 1. The summed E-state index contributed by atoms with van der Waals surface area (Å²) in [7, 11) is -3.67. The Kier molecular flexibility index (Phi) is 7.05. The fraction of sp³-hybridized carbons (Fsp3) is 0.391. The Hall–Kier alpha value is -3.15. The van der Waals surface area contributed by atoms with Gasteiger partial charge in [0.25, 0.3) is 0 Å². The van der Waals surface area contributed by atoms with Crippen LogP contribution in [0.25, 0.3) is 11.4 Å². The Morgan fingerprint density at radius 1 is 1.12 bits per heavy atom. The lowest BCUT2D eigenvalue weighted by molar-refractivity contribution is -0.117. The number of rotatable bonds is 7. The fourth-order valence-electron chi connectivity index (χ4n) is 3.59. The molecule has 1 aliphatic heterocycles. The van der Waals surface area contributed by atoms with E-state index < -0.39 is 10.0 Å². The monoisotopic (exact) mass is 484 g/mol. The van der Waals surface area contributed by atoms with Gasteiger partial charge in [-0.15, -0.1) is 10.2 Å². The zero-order chi connectivity index (χ0) is 24.3. The summed E-state index contributed by atoms with van der Waals surface area (Å²) in [6, 6.07) is 12.6. The number of aryl methyl sites for hydroxylation is 1. The molecule has 1 fully saturated rings. The number of anilines is 1. The van der Waals surface area contributed by atoms with E-state index in [0.717, 1.165) is 11.1 Å². The summed E-state index contributed by atoms with van der Waals surface area (Å²) in [5.41, 5.74) is 3.19. The normalized spacial score (nSPS) is 14.9. The van der Waals surface area contributed by atoms with Crippen LogP contribution in [0.4, 0.5) is 5.69 Å². The van der Waals surface area contributed by atoms with Gasteiger partial charge in [-0.05, 0) is 41.3 Å². The minimum absolute atomic E-state index is 0.126. The third-order valence-corrected chi connectivity index (χ3v) is 7.56. The second kappa shape index (κ2) is 10.00. The van der Waals surface area contributed by atoms with E-state index in [1.54, 1.807) is 19.1 Å². The van der Waals surface area contributed by atoms with Crippen LogP contribution in [0.2, 0.25) is 0 Å². The third kappa shape index (κ3) is 5.32. The lowest BCUT2D eigenvalue weighted by atomic mass is 10.0. The molecule has 1 aliphatic rings. The average molecular weight is 485 g/mol. The molecule has 0 atom stereocenters. The molecule has 34 heavy (non-hydrogen) atoms. The van der Waals surface area contributed by atoms with Crippen molar-refractivity contribution in [3.05, 3.63) is 53.6 Å². The van der Waals surface area contributed by atoms with Crippen molar-refractivity contribution in [2.45, 2.75) is 38.1 Å². The fourth-order valence-corrected chi connectivity index (χ4v) is 5.03. The summed E-state index contributed by atoms with van der Waals surface area (Å²) in [6.07, 6.45) is 0. The number of sulfonamides is 1. The first-order valence-corrected chi connectivity index (χ1v) is 12.5. The van der Waals surface area contributed by atoms with Crippen LogP contribution in [0, 0.1) is 6.92 Å². The van der Waals surface area contributed by atoms with Crippen LogP contribution < -0.4 is 5.32 Å². The van der Waals surface area contributed by atoms with Crippen molar-refractivity contribution < 1.29 is 17.9 Å². The van der Waals surface area contributed by atoms with Gasteiger partial charge in [0, 0.05) is 24.3 Å². The summed E-state index contributed by atoms with van der Waals surface area (Å²) in [4.78, 5) is 14.0. The van der Waals surface area contributed by atoms with Crippen molar-refractivity contribution in [2.24, 2.45) is 0 Å². The van der Waals surface area contributed by atoms with Crippen LogP contribution in [0.1, 0.15) is 30.9 Å². The van der Waals surface area contributed by atoms with E-state index in [-0.39, 0.29) is 17.3 Å². The quantitative estimate of drug-likeness (QED) is 0.547. The van der Waals surface area contributed by atoms with Gasteiger partial charge in [0.2, 0.25) is 21.8 Å². The molecular formula is C23H28N6O4S. The van der Waals surface area contributed by atoms with Crippen LogP contribution in [0.3, 0.4) is 0 Å². The Morgan fingerprint density at radius 3 is 2.50 bits per heavy atom. The molecule has 10 nitrogen and oxygen atoms in total. The standard InChI is InChI=1S/C23H28N6O4S/c1-16(2)18-5-7-19(8-6-18)23-25-27-29(26-23)15-22(30)24-21-14-20(9-4-17(21)3)34(31,32)28-10-12-33-13-11-28/h4-9,14,16H,10-13,15H2,1-3H3,(H,24,30). The first kappa shape index (κ1) is 24.0. The number of ether oxygens (including phenoxy) is 1. The van der Waals surface area contributed by atoms with Gasteiger partial charge in [-0.25, -0.2) is 8.42 Å². The second-order valence-electron chi connectivity index (χ2n) is 8.46. The highest BCUT2D eigenvalue weighted by Crippen LogP contribution is 2.24. The number of carbonyl (C=O) groups excluding carboxylic acids is 1. The predicted molar refractivity (Wildman–Crippen MR) is 127 cm³/mol. The first-order valence-electron chi connectivity index (χ1n) is 11.1. The number of aromatic nitrogens is 4. The topological polar surface area (TPSA) is 119 Å². The lowest BCUT2D eigenvalue weighted by Gasteiger charge is -2.26. The predicted octanol–water partition coefficient (Wildman–Crippen LogP) is 2.43. The minimum atomic E-state index is -3.67. The number of nitrogens with one attached hydrogen (secondary N) is 1. The highest BCUT2D eigenvalue weighted by Gasteiger charge is 2.27. The van der Waals surface area contributed by atoms with Crippen molar-refractivity contribution >= 4 is 21.6 Å². The molecule has 0 radical (unpaired) electrons. The summed E-state index contributed by atoms with van der Waals surface area (Å²) in [5, 5.41) is 15.1. The van der Waals surface area contributed by atoms with E-state index in [1.807, 2.05) is 24.3 Å². The number of tetrazole rings is 1. The molecule has 11 heteroatoms. The van der Waals surface area contributed by atoms with Gasteiger partial charge in [-0.3, -0.25) is 4.79 Å². The number of hydrogen-bond acceptors (Lipinski definition) is 7. The Labute approximate surface area is 199 Å². The zero-order valence-corrected chi connectivity index (χ0v) is 20.2. The maximum atomic E-state index is 12.9. The Balaban J connectivity index is 1.45.